The van der Waals surface area contributed by atoms with E-state index in [2.05, 4.69) is 0 Å². The molecule has 0 rings (SSSR count). The molecule has 2 nitrogen and oxygen atoms in total. The molecule has 0 saturated heterocycles. The van der Waals surface area contributed by atoms with Crippen molar-refractivity contribution in [2.24, 2.45) is 0 Å². The number of nitriles is 1. The second-order valence-electron chi connectivity index (χ2n) is 0.100. The minimum absolute atomic E-state index is 0. The first-order valence-electron chi connectivity index (χ1n) is 0.447. The molecule has 0 aliphatic carbocycles. The molecule has 0 atom stereocenters. The first kappa shape index (κ1) is 15.9. The van der Waals surface area contributed by atoms with Crippen LogP contribution in [0.25, 0.3) is 0 Å². The van der Waals surface area contributed by atoms with Crippen LogP contribution in [0, 0.1) is 11.5 Å². The van der Waals surface area contributed by atoms with Gasteiger partial charge in [0.25, 0.3) is 6.26 Å². The molecule has 0 amide bonds. The molecule has 0 spiro atoms. The van der Waals surface area contributed by atoms with E-state index in [1.54, 1.807) is 0 Å². The van der Waals surface area contributed by atoms with Gasteiger partial charge in [-0.15, -0.1) is 0 Å². The Morgan fingerprint density at radius 2 is 1.60 bits per heavy atom. The molecule has 0 saturated carbocycles. The van der Waals surface area contributed by atoms with E-state index in [-0.39, 0.29) is 73.8 Å². The summed E-state index contributed by atoms with van der Waals surface area (Å²) >= 11 is 0. The van der Waals surface area contributed by atoms with Crippen LogP contribution in [-0.4, -0.2) is 5.11 Å². The largest absolute Gasteiger partial charge is 1.00 e. The van der Waals surface area contributed by atoms with Crippen LogP contribution in [-0.2, 0) is 22.4 Å². The molecule has 5 heavy (non-hydrogen) atoms. The summed E-state index contributed by atoms with van der Waals surface area (Å²) in [5, 5.41) is 13.8. The fraction of sp³-hybridized carbons (Fsp3) is 0. The third-order valence-corrected chi connectivity index (χ3v) is 0. The van der Waals surface area contributed by atoms with Crippen LogP contribution in [0.1, 0.15) is 0 Å². The van der Waals surface area contributed by atoms with E-state index in [1.165, 1.54) is 0 Å². The minimum Gasteiger partial charge on any atom is -0.443 e. The molecule has 0 aromatic heterocycles. The van der Waals surface area contributed by atoms with Crippen LogP contribution < -0.4 is 51.4 Å². The van der Waals surface area contributed by atoms with E-state index in [1.807, 2.05) is 0 Å². The molecule has 4 heteroatoms. The Morgan fingerprint density at radius 1 is 1.60 bits per heavy atom. The fourth-order valence-electron chi connectivity index (χ4n) is 0. The van der Waals surface area contributed by atoms with Crippen molar-refractivity contribution in [1.29, 1.82) is 5.26 Å². The van der Waals surface area contributed by atoms with Gasteiger partial charge in [0.15, 0.2) is 0 Å². The van der Waals surface area contributed by atoms with Gasteiger partial charge in [0.1, 0.15) is 0 Å². The van der Waals surface area contributed by atoms with Crippen molar-refractivity contribution < 1.29 is 78.9 Å². The van der Waals surface area contributed by atoms with Gasteiger partial charge in [-0.25, -0.2) is 0 Å². The molecule has 1 N–H and O–H groups in total. The van der Waals surface area contributed by atoms with Crippen molar-refractivity contribution >= 4 is 0 Å². The van der Waals surface area contributed by atoms with E-state index >= 15 is 0 Å². The van der Waals surface area contributed by atoms with E-state index in [9.17, 15) is 0 Å². The zero-order valence-electron chi connectivity index (χ0n) is 2.70. The molecule has 26 valence electrons. The second-order valence-corrected chi connectivity index (χ2v) is 0.100. The minimum atomic E-state index is 0. The molecule has 0 aromatic carbocycles. The Bertz CT molecular complexity index is 33.1. The summed E-state index contributed by atoms with van der Waals surface area (Å²) in [7, 11) is 0. The van der Waals surface area contributed by atoms with E-state index in [0.29, 0.717) is 0 Å². The van der Waals surface area contributed by atoms with Crippen LogP contribution in [0.3, 0.4) is 0 Å². The topological polar surface area (TPSA) is 44.0 Å². The second kappa shape index (κ2) is 17.4. The van der Waals surface area contributed by atoms with E-state index in [0.717, 1.165) is 6.26 Å². The Balaban J connectivity index is -0.0000000200. The van der Waals surface area contributed by atoms with Crippen molar-refractivity contribution in [3.05, 3.63) is 0 Å². The third-order valence-electron chi connectivity index (χ3n) is 0. The molecule has 0 aliphatic heterocycles. The number of aliphatic hydroxyl groups is 1. The normalized spacial score (nSPS) is 1.40. The fourth-order valence-corrected chi connectivity index (χ4v) is 0. The van der Waals surface area contributed by atoms with E-state index < -0.39 is 0 Å². The maximum Gasteiger partial charge on any atom is 1.00 e. The zero-order chi connectivity index (χ0) is 2.71. The van der Waals surface area contributed by atoms with Crippen LogP contribution in [0.4, 0.5) is 0 Å². The predicted octanol–water partition coefficient (Wildman–Crippen LogP) is -3.16. The molecule has 0 bridgehead atoms. The quantitative estimate of drug-likeness (QED) is 0.376. The first-order valence-corrected chi connectivity index (χ1v) is 0.447. The van der Waals surface area contributed by atoms with Gasteiger partial charge in [-0.3, -0.25) is 0 Å². The maximum absolute atomic E-state index is 6.88. The van der Waals surface area contributed by atoms with Crippen molar-refractivity contribution in [3.8, 4) is 6.26 Å². The number of hydrogen-bond acceptors (Lipinski definition) is 2. The molecule has 0 aliphatic rings. The monoisotopic (exact) mass is 279 g/mol. The molecule has 0 fully saturated rings. The van der Waals surface area contributed by atoms with E-state index in [4.69, 9.17) is 10.4 Å². The zero-order valence-corrected chi connectivity index (χ0v) is 7.99. The Morgan fingerprint density at radius 3 is 1.60 bits per heavy atom. The summed E-state index contributed by atoms with van der Waals surface area (Å²) in [5.41, 5.74) is 0. The number of nitrogens with zero attached hydrogens (tertiary/aromatic N) is 1. The summed E-state index contributed by atoms with van der Waals surface area (Å²) in [6.45, 7) is 0. The summed E-state index contributed by atoms with van der Waals surface area (Å²) in [4.78, 5) is 0. The van der Waals surface area contributed by atoms with Gasteiger partial charge < -0.3 is 5.11 Å². The van der Waals surface area contributed by atoms with Gasteiger partial charge >= 0.3 is 73.8 Å². The molecular formula is CHAuKNO+2. The van der Waals surface area contributed by atoms with Gasteiger partial charge in [0.2, 0.25) is 0 Å². The molecule has 0 aromatic rings. The van der Waals surface area contributed by atoms with Gasteiger partial charge in [-0.1, -0.05) is 0 Å². The summed E-state index contributed by atoms with van der Waals surface area (Å²) in [5.74, 6) is 0. The Hall–Kier alpha value is 1.67. The third kappa shape index (κ3) is 27.4. The SMILES string of the molecule is N#CO.[Au+].[K+]. The number of aliphatic hydroxyl groups excluding tert-OH is 1. The van der Waals surface area contributed by atoms with Gasteiger partial charge in [-0.2, -0.15) is 5.26 Å². The average Bonchev–Trinajstić information content (AvgIpc) is 0.918. The maximum atomic E-state index is 6.88. The van der Waals surface area contributed by atoms with Gasteiger partial charge in [-0.05, 0) is 0 Å². The standard InChI is InChI=1S/CHNO.Au.K/c2-1-3;;/h3H;;/q;2*+1. The Kier molecular flexibility index (Phi) is 55.3. The van der Waals surface area contributed by atoms with Crippen LogP contribution >= 0.6 is 0 Å². The van der Waals surface area contributed by atoms with Crippen LogP contribution in [0.2, 0.25) is 0 Å². The van der Waals surface area contributed by atoms with Crippen LogP contribution in [0.5, 0.6) is 0 Å². The van der Waals surface area contributed by atoms with Crippen molar-refractivity contribution in [2.75, 3.05) is 0 Å². The molecular weight excluding hydrogens is 278 g/mol. The average molecular weight is 279 g/mol. The summed E-state index contributed by atoms with van der Waals surface area (Å²) < 4.78 is 0. The summed E-state index contributed by atoms with van der Waals surface area (Å²) in [6.07, 6.45) is 0.750. The number of rotatable bonds is 0. The Labute approximate surface area is 88.5 Å². The van der Waals surface area contributed by atoms with Crippen molar-refractivity contribution in [3.63, 3.8) is 0 Å². The number of hydrogen-bond donors (Lipinski definition) is 1. The smallest absolute Gasteiger partial charge is 0.443 e. The predicted molar refractivity (Wildman–Crippen MR) is 7.55 cm³/mol. The first-order chi connectivity index (χ1) is 1.41. The van der Waals surface area contributed by atoms with Crippen molar-refractivity contribution in [1.82, 2.24) is 0 Å². The van der Waals surface area contributed by atoms with Crippen molar-refractivity contribution in [2.45, 2.75) is 0 Å². The van der Waals surface area contributed by atoms with Crippen LogP contribution in [0.15, 0.2) is 0 Å². The van der Waals surface area contributed by atoms with Gasteiger partial charge in [0, 0.05) is 0 Å². The molecule has 0 unspecified atom stereocenters. The van der Waals surface area contributed by atoms with Gasteiger partial charge in [0.05, 0.1) is 0 Å². The molecule has 0 heterocycles. The summed E-state index contributed by atoms with van der Waals surface area (Å²) in [6, 6.07) is 0. The molecule has 0 radical (unpaired) electrons.